The van der Waals surface area contributed by atoms with E-state index < -0.39 is 0 Å². The van der Waals surface area contributed by atoms with Gasteiger partial charge in [0.25, 0.3) is 0 Å². The van der Waals surface area contributed by atoms with Gasteiger partial charge in [0.05, 0.1) is 11.9 Å². The van der Waals surface area contributed by atoms with Gasteiger partial charge in [-0.2, -0.15) is 5.10 Å². The number of anilines is 1. The number of rotatable bonds is 5. The molecule has 0 amide bonds. The molecule has 1 saturated carbocycles. The largest absolute Gasteiger partial charge is 0.380 e. The first-order chi connectivity index (χ1) is 13.3. The van der Waals surface area contributed by atoms with Gasteiger partial charge in [-0.15, -0.1) is 0 Å². The molecule has 1 N–H and O–H groups in total. The Labute approximate surface area is 160 Å². The van der Waals surface area contributed by atoms with E-state index in [0.717, 1.165) is 36.3 Å². The van der Waals surface area contributed by atoms with Gasteiger partial charge in [0.2, 0.25) is 0 Å². The Morgan fingerprint density at radius 3 is 2.70 bits per heavy atom. The van der Waals surface area contributed by atoms with Crippen molar-refractivity contribution in [1.29, 1.82) is 0 Å². The highest BCUT2D eigenvalue weighted by Gasteiger charge is 2.31. The SMILES string of the molecule is c1ccc(CNc2ccc3nc([C@@H]4CCCN(C5CCC5)C4)nn3c2)cc1. The number of fused-ring (bicyclic) bond motifs is 1. The maximum absolute atomic E-state index is 4.83. The van der Waals surface area contributed by atoms with Crippen molar-refractivity contribution in [2.24, 2.45) is 0 Å². The molecule has 0 radical (unpaired) electrons. The van der Waals surface area contributed by atoms with Gasteiger partial charge in [0.1, 0.15) is 0 Å². The summed E-state index contributed by atoms with van der Waals surface area (Å²) in [6.07, 6.45) is 8.68. The lowest BCUT2D eigenvalue weighted by molar-refractivity contribution is 0.0929. The topological polar surface area (TPSA) is 45.5 Å². The van der Waals surface area contributed by atoms with Gasteiger partial charge in [0, 0.05) is 25.0 Å². The van der Waals surface area contributed by atoms with Crippen molar-refractivity contribution in [2.75, 3.05) is 18.4 Å². The zero-order valence-corrected chi connectivity index (χ0v) is 15.7. The maximum atomic E-state index is 4.83. The minimum Gasteiger partial charge on any atom is -0.380 e. The minimum atomic E-state index is 0.472. The predicted octanol–water partition coefficient (Wildman–Crippen LogP) is 4.07. The molecule has 5 nitrogen and oxygen atoms in total. The lowest BCUT2D eigenvalue weighted by Crippen LogP contribution is -2.45. The molecule has 0 unspecified atom stereocenters. The number of nitrogens with zero attached hydrogens (tertiary/aromatic N) is 4. The molecule has 1 aromatic carbocycles. The van der Waals surface area contributed by atoms with Gasteiger partial charge in [0.15, 0.2) is 11.5 Å². The van der Waals surface area contributed by atoms with Crippen LogP contribution in [0.1, 0.15) is 49.4 Å². The molecule has 3 heterocycles. The van der Waals surface area contributed by atoms with Crippen LogP contribution >= 0.6 is 0 Å². The Bertz CT molecular complexity index is 899. The summed E-state index contributed by atoms with van der Waals surface area (Å²) in [5.74, 6) is 1.49. The highest BCUT2D eigenvalue weighted by atomic mass is 15.3. The van der Waals surface area contributed by atoms with Crippen LogP contribution in [0.25, 0.3) is 5.65 Å². The van der Waals surface area contributed by atoms with Crippen molar-refractivity contribution in [3.63, 3.8) is 0 Å². The Balaban J connectivity index is 1.30. The van der Waals surface area contributed by atoms with Gasteiger partial charge in [-0.05, 0) is 49.9 Å². The molecule has 1 aliphatic heterocycles. The minimum absolute atomic E-state index is 0.472. The third kappa shape index (κ3) is 3.56. The fraction of sp³-hybridized carbons (Fsp3) is 0.455. The molecule has 27 heavy (non-hydrogen) atoms. The van der Waals surface area contributed by atoms with Gasteiger partial charge in [-0.25, -0.2) is 9.50 Å². The van der Waals surface area contributed by atoms with Crippen LogP contribution in [-0.2, 0) is 6.54 Å². The normalized spacial score (nSPS) is 21.3. The second-order valence-corrected chi connectivity index (χ2v) is 7.95. The van der Waals surface area contributed by atoms with E-state index in [1.54, 1.807) is 0 Å². The first-order valence-corrected chi connectivity index (χ1v) is 10.2. The lowest BCUT2D eigenvalue weighted by atomic mass is 9.87. The molecule has 2 aromatic heterocycles. The van der Waals surface area contributed by atoms with Crippen LogP contribution in [0.2, 0.25) is 0 Å². The van der Waals surface area contributed by atoms with Gasteiger partial charge in [-0.3, -0.25) is 4.90 Å². The third-order valence-electron chi connectivity index (χ3n) is 6.10. The number of hydrogen-bond donors (Lipinski definition) is 1. The summed E-state index contributed by atoms with van der Waals surface area (Å²) in [6.45, 7) is 3.19. The number of piperidine rings is 1. The van der Waals surface area contributed by atoms with E-state index in [1.807, 2.05) is 10.6 Å². The highest BCUT2D eigenvalue weighted by Crippen LogP contribution is 2.32. The Morgan fingerprint density at radius 2 is 1.89 bits per heavy atom. The van der Waals surface area contributed by atoms with Gasteiger partial charge < -0.3 is 5.32 Å². The Morgan fingerprint density at radius 1 is 1.00 bits per heavy atom. The highest BCUT2D eigenvalue weighted by molar-refractivity contribution is 5.49. The van der Waals surface area contributed by atoms with Crippen LogP contribution in [-0.4, -0.2) is 38.6 Å². The summed E-state index contributed by atoms with van der Waals surface area (Å²) >= 11 is 0. The van der Waals surface area contributed by atoms with Crippen LogP contribution in [0.15, 0.2) is 48.7 Å². The summed E-state index contributed by atoms with van der Waals surface area (Å²) in [7, 11) is 0. The molecular weight excluding hydrogens is 334 g/mol. The van der Waals surface area contributed by atoms with E-state index >= 15 is 0 Å². The van der Waals surface area contributed by atoms with E-state index in [9.17, 15) is 0 Å². The summed E-state index contributed by atoms with van der Waals surface area (Å²) in [5, 5.41) is 8.31. The Kier molecular flexibility index (Phi) is 4.54. The Hall–Kier alpha value is -2.40. The van der Waals surface area contributed by atoms with E-state index in [4.69, 9.17) is 10.1 Å². The molecule has 1 saturated heterocycles. The zero-order chi connectivity index (χ0) is 18.1. The maximum Gasteiger partial charge on any atom is 0.156 e. The number of likely N-dealkylation sites (tertiary alicyclic amines) is 1. The first kappa shape index (κ1) is 16.8. The average molecular weight is 361 g/mol. The zero-order valence-electron chi connectivity index (χ0n) is 15.7. The van der Waals surface area contributed by atoms with Crippen LogP contribution in [0.5, 0.6) is 0 Å². The van der Waals surface area contributed by atoms with Crippen molar-refractivity contribution in [3.8, 4) is 0 Å². The molecule has 1 aliphatic carbocycles. The molecule has 5 heteroatoms. The molecule has 0 spiro atoms. The monoisotopic (exact) mass is 361 g/mol. The first-order valence-electron chi connectivity index (χ1n) is 10.2. The fourth-order valence-corrected chi connectivity index (χ4v) is 4.28. The van der Waals surface area contributed by atoms with E-state index in [-0.39, 0.29) is 0 Å². The molecule has 5 rings (SSSR count). The summed E-state index contributed by atoms with van der Waals surface area (Å²) < 4.78 is 1.94. The second kappa shape index (κ2) is 7.31. The molecule has 0 bridgehead atoms. The van der Waals surface area contributed by atoms with Crippen molar-refractivity contribution in [1.82, 2.24) is 19.5 Å². The van der Waals surface area contributed by atoms with Crippen molar-refractivity contribution >= 4 is 11.3 Å². The molecule has 2 aliphatic rings. The molecular formula is C22H27N5. The summed E-state index contributed by atoms with van der Waals surface area (Å²) in [4.78, 5) is 7.51. The van der Waals surface area contributed by atoms with Crippen molar-refractivity contribution in [2.45, 2.75) is 50.6 Å². The predicted molar refractivity (Wildman–Crippen MR) is 108 cm³/mol. The molecule has 3 aromatic rings. The number of nitrogens with one attached hydrogen (secondary N) is 1. The number of benzene rings is 1. The molecule has 1 atom stereocenters. The number of hydrogen-bond acceptors (Lipinski definition) is 4. The van der Waals surface area contributed by atoms with Crippen LogP contribution in [0.3, 0.4) is 0 Å². The summed E-state index contributed by atoms with van der Waals surface area (Å²) in [5.41, 5.74) is 3.29. The van der Waals surface area contributed by atoms with Gasteiger partial charge >= 0.3 is 0 Å². The smallest absolute Gasteiger partial charge is 0.156 e. The number of pyridine rings is 1. The second-order valence-electron chi connectivity index (χ2n) is 7.95. The average Bonchev–Trinajstić information content (AvgIpc) is 3.10. The van der Waals surface area contributed by atoms with Gasteiger partial charge in [-0.1, -0.05) is 36.8 Å². The van der Waals surface area contributed by atoms with Crippen LogP contribution in [0, 0.1) is 0 Å². The van der Waals surface area contributed by atoms with Crippen LogP contribution < -0.4 is 5.32 Å². The summed E-state index contributed by atoms with van der Waals surface area (Å²) in [6, 6.07) is 15.4. The third-order valence-corrected chi connectivity index (χ3v) is 6.10. The number of aromatic nitrogens is 3. The van der Waals surface area contributed by atoms with E-state index in [2.05, 4.69) is 52.8 Å². The van der Waals surface area contributed by atoms with Crippen molar-refractivity contribution in [3.05, 3.63) is 60.0 Å². The fourth-order valence-electron chi connectivity index (χ4n) is 4.28. The van der Waals surface area contributed by atoms with E-state index in [0.29, 0.717) is 5.92 Å². The molecule has 140 valence electrons. The standard InChI is InChI=1S/C22H27N5/c1-2-6-17(7-3-1)14-23-19-11-12-21-24-22(25-27(21)16-19)18-8-5-13-26(15-18)20-9-4-10-20/h1-3,6-7,11-12,16,18,20,23H,4-5,8-10,13-15H2/t18-/m1/s1. The quantitative estimate of drug-likeness (QED) is 0.744. The van der Waals surface area contributed by atoms with Crippen LogP contribution in [0.4, 0.5) is 5.69 Å². The van der Waals surface area contributed by atoms with Crippen molar-refractivity contribution < 1.29 is 0 Å². The lowest BCUT2D eigenvalue weighted by Gasteiger charge is -2.41. The van der Waals surface area contributed by atoms with E-state index in [1.165, 1.54) is 44.2 Å². The molecule has 2 fully saturated rings.